The van der Waals surface area contributed by atoms with Crippen molar-refractivity contribution in [1.82, 2.24) is 0 Å². The lowest BCUT2D eigenvalue weighted by atomic mass is 9.85. The molecule has 0 amide bonds. The molecule has 0 bridgehead atoms. The van der Waals surface area contributed by atoms with E-state index >= 15 is 0 Å². The summed E-state index contributed by atoms with van der Waals surface area (Å²) in [6.07, 6.45) is 4.35. The first-order chi connectivity index (χ1) is 25.3. The molecule has 0 aliphatic carbocycles. The van der Waals surface area contributed by atoms with Gasteiger partial charge < -0.3 is 0 Å². The lowest BCUT2D eigenvalue weighted by molar-refractivity contribution is 1.59. The van der Waals surface area contributed by atoms with Crippen molar-refractivity contribution >= 4 is 45.0 Å². The Kier molecular flexibility index (Phi) is 8.17. The van der Waals surface area contributed by atoms with Crippen LogP contribution in [0.25, 0.3) is 88.0 Å². The molecule has 0 aliphatic heterocycles. The van der Waals surface area contributed by atoms with Crippen LogP contribution in [0.5, 0.6) is 0 Å². The van der Waals surface area contributed by atoms with E-state index in [0.717, 1.165) is 0 Å². The van der Waals surface area contributed by atoms with Gasteiger partial charge in [-0.25, -0.2) is 0 Å². The van der Waals surface area contributed by atoms with Gasteiger partial charge in [-0.2, -0.15) is 0 Å². The fourth-order valence-corrected chi connectivity index (χ4v) is 8.24. The summed E-state index contributed by atoms with van der Waals surface area (Å²) in [5.41, 5.74) is 12.3. The molecule has 9 rings (SSSR count). The van der Waals surface area contributed by atoms with Crippen LogP contribution in [0.4, 0.5) is 0 Å². The number of benzene rings is 8. The van der Waals surface area contributed by atoms with Crippen LogP contribution >= 0.6 is 11.3 Å². The van der Waals surface area contributed by atoms with Crippen molar-refractivity contribution in [2.75, 3.05) is 0 Å². The van der Waals surface area contributed by atoms with Gasteiger partial charge in [0.15, 0.2) is 0 Å². The molecule has 0 spiro atoms. The number of fused-ring (bicyclic) bond motifs is 2. The van der Waals surface area contributed by atoms with Gasteiger partial charge in [0.05, 0.1) is 0 Å². The van der Waals surface area contributed by atoms with Crippen LogP contribution in [0.3, 0.4) is 0 Å². The van der Waals surface area contributed by atoms with Crippen LogP contribution in [0.1, 0.15) is 11.1 Å². The van der Waals surface area contributed by atoms with Crippen molar-refractivity contribution in [1.29, 1.82) is 0 Å². The van der Waals surface area contributed by atoms with Gasteiger partial charge in [-0.1, -0.05) is 182 Å². The summed E-state index contributed by atoms with van der Waals surface area (Å²) in [4.78, 5) is 2.56. The van der Waals surface area contributed by atoms with Crippen molar-refractivity contribution in [2.45, 2.75) is 0 Å². The van der Waals surface area contributed by atoms with Crippen LogP contribution in [-0.4, -0.2) is 0 Å². The minimum Gasteiger partial charge on any atom is -0.135 e. The Bertz CT molecular complexity index is 2600. The SMILES string of the molecule is C(=Cc1cccc(-c2ccc(-c3c4ccccc4c(-c4cccc(-c5ccc(-c6ccccc6)s5)c4)c4ccccc34)cc2)c1)c1ccccc1. The summed E-state index contributed by atoms with van der Waals surface area (Å²) in [6.45, 7) is 0. The van der Waals surface area contributed by atoms with E-state index < -0.39 is 0 Å². The number of rotatable bonds is 7. The maximum Gasteiger partial charge on any atom is 0.0349 e. The van der Waals surface area contributed by atoms with Gasteiger partial charge in [0.25, 0.3) is 0 Å². The molecule has 1 heteroatoms. The van der Waals surface area contributed by atoms with Gasteiger partial charge in [-0.3, -0.25) is 0 Å². The van der Waals surface area contributed by atoms with Crippen molar-refractivity contribution in [3.63, 3.8) is 0 Å². The molecule has 0 atom stereocenters. The third kappa shape index (κ3) is 6.10. The normalized spacial score (nSPS) is 11.5. The van der Waals surface area contributed by atoms with Crippen LogP contribution in [0, 0.1) is 0 Å². The summed E-state index contributed by atoms with van der Waals surface area (Å²) in [5.74, 6) is 0. The molecule has 8 aromatic carbocycles. The average molecular weight is 667 g/mol. The molecule has 51 heavy (non-hydrogen) atoms. The van der Waals surface area contributed by atoms with E-state index in [1.165, 1.54) is 86.9 Å². The highest BCUT2D eigenvalue weighted by atomic mass is 32.1. The van der Waals surface area contributed by atoms with E-state index in [4.69, 9.17) is 0 Å². The molecule has 0 aliphatic rings. The highest BCUT2D eigenvalue weighted by molar-refractivity contribution is 7.18. The standard InChI is InChI=1S/C50H34S/c1-3-13-35(14-4-1)25-26-36-15-11-18-40(33-36)37-27-29-39(30-28-37)49-43-21-7-9-23-45(43)50(46-24-10-8-22-44(46)49)42-20-12-19-41(34-42)48-32-31-47(51-48)38-16-5-2-6-17-38/h1-34H. The summed E-state index contributed by atoms with van der Waals surface area (Å²) in [6, 6.07) is 70.4. The molecule has 0 nitrogen and oxygen atoms in total. The van der Waals surface area contributed by atoms with E-state index in [0.29, 0.717) is 0 Å². The quantitative estimate of drug-likeness (QED) is 0.117. The lowest BCUT2D eigenvalue weighted by Crippen LogP contribution is -1.91. The van der Waals surface area contributed by atoms with Gasteiger partial charge in [0.1, 0.15) is 0 Å². The second-order valence-corrected chi connectivity index (χ2v) is 14.0. The maximum atomic E-state index is 2.37. The second kappa shape index (κ2) is 13.6. The molecule has 0 saturated heterocycles. The monoisotopic (exact) mass is 666 g/mol. The molecule has 0 N–H and O–H groups in total. The minimum absolute atomic E-state index is 1.19. The predicted molar refractivity (Wildman–Crippen MR) is 222 cm³/mol. The molecule has 0 fully saturated rings. The van der Waals surface area contributed by atoms with E-state index in [1.807, 2.05) is 17.4 Å². The number of thiophene rings is 1. The smallest absolute Gasteiger partial charge is 0.0349 e. The topological polar surface area (TPSA) is 0 Å². The lowest BCUT2D eigenvalue weighted by Gasteiger charge is -2.18. The summed E-state index contributed by atoms with van der Waals surface area (Å²) < 4.78 is 0. The number of hydrogen-bond donors (Lipinski definition) is 0. The molecule has 1 heterocycles. The fraction of sp³-hybridized carbons (Fsp3) is 0. The van der Waals surface area contributed by atoms with Crippen molar-refractivity contribution < 1.29 is 0 Å². The fourth-order valence-electron chi connectivity index (χ4n) is 7.24. The van der Waals surface area contributed by atoms with Gasteiger partial charge in [0.2, 0.25) is 0 Å². The maximum absolute atomic E-state index is 2.37. The van der Waals surface area contributed by atoms with Crippen molar-refractivity contribution in [3.8, 4) is 54.3 Å². The summed E-state index contributed by atoms with van der Waals surface area (Å²) >= 11 is 1.85. The van der Waals surface area contributed by atoms with Crippen LogP contribution < -0.4 is 0 Å². The van der Waals surface area contributed by atoms with E-state index in [2.05, 4.69) is 200 Å². The van der Waals surface area contributed by atoms with E-state index in [9.17, 15) is 0 Å². The summed E-state index contributed by atoms with van der Waals surface area (Å²) in [7, 11) is 0. The molecular weight excluding hydrogens is 633 g/mol. The molecule has 240 valence electrons. The zero-order valence-corrected chi connectivity index (χ0v) is 28.9. The van der Waals surface area contributed by atoms with Crippen LogP contribution in [0.15, 0.2) is 194 Å². The molecule has 0 unspecified atom stereocenters. The van der Waals surface area contributed by atoms with Gasteiger partial charge >= 0.3 is 0 Å². The third-order valence-corrected chi connectivity index (χ3v) is 10.9. The Morgan fingerprint density at radius 1 is 0.275 bits per heavy atom. The Morgan fingerprint density at radius 2 is 0.725 bits per heavy atom. The zero-order chi connectivity index (χ0) is 34.0. The van der Waals surface area contributed by atoms with E-state index in [1.54, 1.807) is 0 Å². The first kappa shape index (κ1) is 30.8. The second-order valence-electron chi connectivity index (χ2n) is 12.9. The highest BCUT2D eigenvalue weighted by Gasteiger charge is 2.17. The third-order valence-electron chi connectivity index (χ3n) is 9.69. The molecule has 0 saturated carbocycles. The zero-order valence-electron chi connectivity index (χ0n) is 28.0. The largest absolute Gasteiger partial charge is 0.135 e. The molecule has 1 aromatic heterocycles. The Labute approximate surface area is 303 Å². The molecule has 9 aromatic rings. The van der Waals surface area contributed by atoms with Crippen LogP contribution in [0.2, 0.25) is 0 Å². The molecule has 0 radical (unpaired) electrons. The Balaban J connectivity index is 1.11. The average Bonchev–Trinajstić information content (AvgIpc) is 3.71. The van der Waals surface area contributed by atoms with Gasteiger partial charge in [-0.05, 0) is 101 Å². The van der Waals surface area contributed by atoms with Crippen molar-refractivity contribution in [2.24, 2.45) is 0 Å². The first-order valence-corrected chi connectivity index (χ1v) is 18.2. The Morgan fingerprint density at radius 3 is 1.39 bits per heavy atom. The highest BCUT2D eigenvalue weighted by Crippen LogP contribution is 2.45. The van der Waals surface area contributed by atoms with Crippen molar-refractivity contribution in [3.05, 3.63) is 205 Å². The summed E-state index contributed by atoms with van der Waals surface area (Å²) in [5, 5.41) is 5.06. The predicted octanol–water partition coefficient (Wildman–Crippen LogP) is 14.6. The Hall–Kier alpha value is -6.28. The number of hydrogen-bond acceptors (Lipinski definition) is 1. The van der Waals surface area contributed by atoms with Gasteiger partial charge in [-0.15, -0.1) is 11.3 Å². The minimum atomic E-state index is 1.19. The first-order valence-electron chi connectivity index (χ1n) is 17.4. The van der Waals surface area contributed by atoms with Crippen LogP contribution in [-0.2, 0) is 0 Å². The molecular formula is C50H34S. The van der Waals surface area contributed by atoms with Gasteiger partial charge in [0, 0.05) is 9.75 Å². The van der Waals surface area contributed by atoms with E-state index in [-0.39, 0.29) is 0 Å².